The maximum absolute atomic E-state index is 12.8. The van der Waals surface area contributed by atoms with Gasteiger partial charge in [0.2, 0.25) is 0 Å². The summed E-state index contributed by atoms with van der Waals surface area (Å²) >= 11 is 0. The van der Waals surface area contributed by atoms with Gasteiger partial charge in [-0.15, -0.1) is 0 Å². The second kappa shape index (κ2) is 54.7. The number of ether oxygens (including phenoxy) is 3. The number of unbranched alkanes of at least 4 members (excludes halogenated alkanes) is 23. The van der Waals surface area contributed by atoms with Gasteiger partial charge < -0.3 is 14.2 Å². The third-order valence-electron chi connectivity index (χ3n) is 11.4. The Labute approximate surface area is 412 Å². The Bertz CT molecular complexity index is 1390. The van der Waals surface area contributed by atoms with E-state index in [1.54, 1.807) is 0 Å². The summed E-state index contributed by atoms with van der Waals surface area (Å²) in [5, 5.41) is 0. The van der Waals surface area contributed by atoms with Crippen molar-refractivity contribution in [3.8, 4) is 0 Å². The summed E-state index contributed by atoms with van der Waals surface area (Å²) in [6, 6.07) is 0. The maximum atomic E-state index is 12.8. The normalized spacial score (nSPS) is 12.9. The first-order chi connectivity index (χ1) is 33.0. The molecule has 0 aliphatic carbocycles. The number of hydrogen-bond acceptors (Lipinski definition) is 6. The molecule has 0 aromatic heterocycles. The summed E-state index contributed by atoms with van der Waals surface area (Å²) in [6.07, 6.45) is 73.7. The molecule has 0 radical (unpaired) electrons. The molecule has 0 aromatic carbocycles. The molecule has 0 rings (SSSR count). The van der Waals surface area contributed by atoms with Crippen LogP contribution in [0.25, 0.3) is 0 Å². The Kier molecular flexibility index (Phi) is 51.5. The van der Waals surface area contributed by atoms with Crippen LogP contribution in [0.4, 0.5) is 0 Å². The van der Waals surface area contributed by atoms with Gasteiger partial charge in [0.15, 0.2) is 6.10 Å². The van der Waals surface area contributed by atoms with Crippen molar-refractivity contribution in [2.45, 2.75) is 245 Å². The highest BCUT2D eigenvalue weighted by Crippen LogP contribution is 2.14. The van der Waals surface area contributed by atoms with Gasteiger partial charge in [0.1, 0.15) is 13.2 Å². The predicted octanol–water partition coefficient (Wildman–Crippen LogP) is 18.3. The first kappa shape index (κ1) is 63.1. The quantitative estimate of drug-likeness (QED) is 0.0199. The lowest BCUT2D eigenvalue weighted by Gasteiger charge is -2.18. The molecule has 67 heavy (non-hydrogen) atoms. The standard InChI is InChI=1S/C61H100O6/c1-4-7-10-13-16-19-22-25-27-29-30-32-33-36-39-42-45-48-51-54-60(63)66-57-58(56-65-59(62)53-50-47-44-41-38-35-24-21-18-15-12-9-6-3)67-61(64)55-52-49-46-43-40-37-34-31-28-26-23-20-17-14-11-8-5-2/h9,12,15-16,18-19,21-22,24-26,28,34-35,37-38,43,46,58H,4-8,10-11,13-14,17,20,23,27,29-33,36,39-42,44-45,47-57H2,1-3H3/b12-9+,18-15+,19-16+,24-21+,25-22+,28-26+,37-34+,38-35+,46-43+. The Hall–Kier alpha value is -3.93. The van der Waals surface area contributed by atoms with Crippen molar-refractivity contribution in [1.82, 2.24) is 0 Å². The fourth-order valence-electron chi connectivity index (χ4n) is 7.22. The van der Waals surface area contributed by atoms with Crippen molar-refractivity contribution < 1.29 is 28.6 Å². The number of carbonyl (C=O) groups excluding carboxylic acids is 3. The van der Waals surface area contributed by atoms with Crippen LogP contribution in [-0.2, 0) is 28.6 Å². The fourth-order valence-corrected chi connectivity index (χ4v) is 7.22. The largest absolute Gasteiger partial charge is 0.462 e. The van der Waals surface area contributed by atoms with Crippen LogP contribution >= 0.6 is 0 Å². The molecule has 0 spiro atoms. The average molecular weight is 929 g/mol. The smallest absolute Gasteiger partial charge is 0.306 e. The van der Waals surface area contributed by atoms with Crippen molar-refractivity contribution in [2.75, 3.05) is 13.2 Å². The van der Waals surface area contributed by atoms with Gasteiger partial charge in [-0.2, -0.15) is 0 Å². The van der Waals surface area contributed by atoms with E-state index < -0.39 is 6.10 Å². The minimum atomic E-state index is -0.824. The average Bonchev–Trinajstić information content (AvgIpc) is 3.33. The monoisotopic (exact) mass is 929 g/mol. The van der Waals surface area contributed by atoms with Crippen molar-refractivity contribution in [1.29, 1.82) is 0 Å². The van der Waals surface area contributed by atoms with E-state index in [9.17, 15) is 14.4 Å². The molecule has 0 heterocycles. The first-order valence-corrected chi connectivity index (χ1v) is 27.5. The zero-order chi connectivity index (χ0) is 48.6. The van der Waals surface area contributed by atoms with Crippen LogP contribution < -0.4 is 0 Å². The summed E-state index contributed by atoms with van der Waals surface area (Å²) < 4.78 is 16.7. The van der Waals surface area contributed by atoms with Crippen LogP contribution in [0.3, 0.4) is 0 Å². The van der Waals surface area contributed by atoms with Crippen molar-refractivity contribution in [2.24, 2.45) is 0 Å². The fraction of sp³-hybridized carbons (Fsp3) is 0.656. The van der Waals surface area contributed by atoms with Gasteiger partial charge in [-0.1, -0.05) is 233 Å². The Balaban J connectivity index is 4.50. The molecule has 0 bridgehead atoms. The number of hydrogen-bond donors (Lipinski definition) is 0. The van der Waals surface area contributed by atoms with E-state index in [-0.39, 0.29) is 37.5 Å². The molecule has 0 N–H and O–H groups in total. The van der Waals surface area contributed by atoms with Gasteiger partial charge in [-0.05, 0) is 96.3 Å². The second-order valence-corrected chi connectivity index (χ2v) is 17.9. The number of carbonyl (C=O) groups is 3. The van der Waals surface area contributed by atoms with E-state index in [0.29, 0.717) is 19.3 Å². The number of esters is 3. The van der Waals surface area contributed by atoms with E-state index in [1.807, 2.05) is 36.5 Å². The maximum Gasteiger partial charge on any atom is 0.306 e. The van der Waals surface area contributed by atoms with E-state index in [2.05, 4.69) is 93.7 Å². The zero-order valence-corrected chi connectivity index (χ0v) is 43.4. The first-order valence-electron chi connectivity index (χ1n) is 27.5. The van der Waals surface area contributed by atoms with Gasteiger partial charge in [-0.3, -0.25) is 14.4 Å². The van der Waals surface area contributed by atoms with Gasteiger partial charge in [0.25, 0.3) is 0 Å². The molecule has 0 aliphatic rings. The van der Waals surface area contributed by atoms with Crippen LogP contribution in [0.1, 0.15) is 239 Å². The van der Waals surface area contributed by atoms with E-state index in [4.69, 9.17) is 14.2 Å². The van der Waals surface area contributed by atoms with E-state index in [0.717, 1.165) is 70.6 Å². The van der Waals surface area contributed by atoms with Crippen molar-refractivity contribution in [3.63, 3.8) is 0 Å². The molecule has 0 aliphatic heterocycles. The van der Waals surface area contributed by atoms with Gasteiger partial charge >= 0.3 is 17.9 Å². The molecule has 1 unspecified atom stereocenters. The third-order valence-corrected chi connectivity index (χ3v) is 11.4. The molecule has 1 atom stereocenters. The molecule has 6 nitrogen and oxygen atoms in total. The van der Waals surface area contributed by atoms with Crippen LogP contribution in [-0.4, -0.2) is 37.2 Å². The minimum absolute atomic E-state index is 0.114. The van der Waals surface area contributed by atoms with E-state index in [1.165, 1.54) is 122 Å². The van der Waals surface area contributed by atoms with Crippen LogP contribution in [0.15, 0.2) is 109 Å². The zero-order valence-electron chi connectivity index (χ0n) is 43.4. The van der Waals surface area contributed by atoms with Crippen molar-refractivity contribution in [3.05, 3.63) is 109 Å². The van der Waals surface area contributed by atoms with Crippen molar-refractivity contribution >= 4 is 17.9 Å². The molecule has 0 amide bonds. The second-order valence-electron chi connectivity index (χ2n) is 17.9. The van der Waals surface area contributed by atoms with Gasteiger partial charge in [-0.25, -0.2) is 0 Å². The van der Waals surface area contributed by atoms with Gasteiger partial charge in [0, 0.05) is 19.3 Å². The summed E-state index contributed by atoms with van der Waals surface area (Å²) in [5.74, 6) is -1.01. The van der Waals surface area contributed by atoms with Crippen LogP contribution in [0.5, 0.6) is 0 Å². The molecule has 0 saturated heterocycles. The van der Waals surface area contributed by atoms with Gasteiger partial charge in [0.05, 0.1) is 0 Å². The molecular weight excluding hydrogens is 829 g/mol. The molecular formula is C61H100O6. The summed E-state index contributed by atoms with van der Waals surface area (Å²) in [5.41, 5.74) is 0. The number of rotatable bonds is 48. The molecule has 6 heteroatoms. The summed E-state index contributed by atoms with van der Waals surface area (Å²) in [7, 11) is 0. The molecule has 380 valence electrons. The Morgan fingerprint density at radius 1 is 0.328 bits per heavy atom. The summed E-state index contributed by atoms with van der Waals surface area (Å²) in [4.78, 5) is 38.0. The summed E-state index contributed by atoms with van der Waals surface area (Å²) in [6.45, 7) is 6.38. The lowest BCUT2D eigenvalue weighted by atomic mass is 10.1. The highest BCUT2D eigenvalue weighted by Gasteiger charge is 2.19. The molecule has 0 aromatic rings. The predicted molar refractivity (Wildman–Crippen MR) is 288 cm³/mol. The minimum Gasteiger partial charge on any atom is -0.462 e. The number of allylic oxidation sites excluding steroid dienone is 18. The lowest BCUT2D eigenvalue weighted by molar-refractivity contribution is -0.167. The van der Waals surface area contributed by atoms with Crippen LogP contribution in [0, 0.1) is 0 Å². The highest BCUT2D eigenvalue weighted by molar-refractivity contribution is 5.71. The topological polar surface area (TPSA) is 78.9 Å². The lowest BCUT2D eigenvalue weighted by Crippen LogP contribution is -2.30. The highest BCUT2D eigenvalue weighted by atomic mass is 16.6. The third kappa shape index (κ3) is 52.9. The Morgan fingerprint density at radius 2 is 0.657 bits per heavy atom. The molecule has 0 fully saturated rings. The SMILES string of the molecule is CC/C=C/C=C/C=C/C=C/CCCCCC(=O)OCC(COC(=O)CCCCCCCCCCCC/C=C/C=C/CCCCC)OC(=O)CCC/C=C/C/C=C/C/C=C/CCCCCCCC. The molecule has 0 saturated carbocycles. The van der Waals surface area contributed by atoms with Crippen LogP contribution in [0.2, 0.25) is 0 Å². The van der Waals surface area contributed by atoms with E-state index >= 15 is 0 Å². The Morgan fingerprint density at radius 3 is 1.15 bits per heavy atom.